The van der Waals surface area contributed by atoms with E-state index in [0.717, 1.165) is 42.8 Å². The largest absolute Gasteiger partial charge is 1.00 e. The van der Waals surface area contributed by atoms with Crippen molar-refractivity contribution in [1.29, 1.82) is 0 Å². The molecule has 0 rings (SSSR count). The fraction of sp³-hybridized carbons (Fsp3) is 0.906. The number of quaternary nitrogens is 1. The first-order valence-corrected chi connectivity index (χ1v) is 32.3. The molecule has 0 aromatic carbocycles. The number of carbonyl (C=O) groups excluding carboxylic acids is 5. The third-order valence-electron chi connectivity index (χ3n) is 11.6. The predicted molar refractivity (Wildman–Crippen MR) is 287 cm³/mol. The average molecular weight is 1140 g/mol. The van der Waals surface area contributed by atoms with Crippen molar-refractivity contribution in [3.63, 3.8) is 0 Å². The number of carbonyl (C=O) groups is 5. The van der Waals surface area contributed by atoms with Crippen molar-refractivity contribution in [3.8, 4) is 0 Å². The summed E-state index contributed by atoms with van der Waals surface area (Å²) in [5, 5.41) is 0. The second kappa shape index (κ2) is 51.5. The van der Waals surface area contributed by atoms with Crippen LogP contribution in [0.3, 0.4) is 0 Å². The Morgan fingerprint density at radius 3 is 1.29 bits per heavy atom. The molecule has 0 spiro atoms. The third kappa shape index (κ3) is 50.6. The summed E-state index contributed by atoms with van der Waals surface area (Å²) in [6.07, 6.45) is 16.2. The minimum atomic E-state index is -2.80. The lowest BCUT2D eigenvalue weighted by molar-refractivity contribution is -0.890. The van der Waals surface area contributed by atoms with Gasteiger partial charge in [-0.3, -0.25) is 9.59 Å². The average Bonchev–Trinajstić information content (AvgIpc) is 3.33. The minimum Gasteiger partial charge on any atom is -1.00 e. The van der Waals surface area contributed by atoms with Gasteiger partial charge in [0.05, 0.1) is 60.2 Å². The summed E-state index contributed by atoms with van der Waals surface area (Å²) >= 11 is 0. The lowest BCUT2D eigenvalue weighted by atomic mass is 9.92. The highest BCUT2D eigenvalue weighted by molar-refractivity contribution is 6.76. The van der Waals surface area contributed by atoms with Gasteiger partial charge in [-0.1, -0.05) is 104 Å². The van der Waals surface area contributed by atoms with Crippen LogP contribution in [0.4, 0.5) is 8.78 Å². The van der Waals surface area contributed by atoms with Crippen LogP contribution < -0.4 is 17.0 Å². The molecule has 0 heterocycles. The maximum atomic E-state index is 13.1. The molecule has 0 aliphatic heterocycles. The molecule has 432 valence electrons. The van der Waals surface area contributed by atoms with Crippen molar-refractivity contribution in [3.05, 3.63) is 0 Å². The van der Waals surface area contributed by atoms with Gasteiger partial charge >= 0.3 is 20.7 Å². The normalized spacial score (nSPS) is 13.2. The number of unbranched alkanes of at least 4 members (excludes halogenated alkanes) is 12. The van der Waals surface area contributed by atoms with Crippen LogP contribution in [0.1, 0.15) is 164 Å². The van der Waals surface area contributed by atoms with Crippen LogP contribution in [0.15, 0.2) is 0 Å². The van der Waals surface area contributed by atoms with E-state index >= 15 is 0 Å². The second-order valence-electron chi connectivity index (χ2n) is 20.9. The van der Waals surface area contributed by atoms with Crippen molar-refractivity contribution in [2.24, 2.45) is 10.8 Å². The number of alkyl halides is 2. The zero-order chi connectivity index (χ0) is 54.9. The van der Waals surface area contributed by atoms with Gasteiger partial charge in [0, 0.05) is 70.6 Å². The Hall–Kier alpha value is -1.56. The van der Waals surface area contributed by atoms with Crippen LogP contribution in [-0.4, -0.2) is 160 Å². The van der Waals surface area contributed by atoms with E-state index in [1.165, 1.54) is 70.8 Å². The SMILES string of the molecule is C=O.C=O.C=O.CCCCCCCCCCCC[N+](C)(C)CCCCOCC(C)(COCC(C)(COCCC(F)F)COC(=O)CCCC[Si](C)(C)C)COC(=O)CCCC[Si](OCC)(OCC)OCC.[Br-]. The van der Waals surface area contributed by atoms with Gasteiger partial charge in [-0.15, -0.1) is 0 Å². The molecular formula is C53H108BrF2NO13Si2. The van der Waals surface area contributed by atoms with Gasteiger partial charge in [-0.2, -0.15) is 0 Å². The van der Waals surface area contributed by atoms with Gasteiger partial charge in [0.2, 0.25) is 6.43 Å². The second-order valence-corrected chi connectivity index (χ2v) is 29.3. The molecule has 0 amide bonds. The minimum absolute atomic E-state index is 0. The van der Waals surface area contributed by atoms with Crippen molar-refractivity contribution in [1.82, 2.24) is 0 Å². The Balaban J connectivity index is -0.00000205. The Bertz CT molecular complexity index is 1210. The van der Waals surface area contributed by atoms with Crippen molar-refractivity contribution in [2.45, 2.75) is 202 Å². The van der Waals surface area contributed by atoms with E-state index in [1.807, 2.05) is 55.0 Å². The van der Waals surface area contributed by atoms with E-state index in [9.17, 15) is 18.4 Å². The standard InChI is InChI=1S/C50H102F2NO10Si2.3CH2O.BrH/c1-12-16-17-18-19-20-21-22-23-26-34-53(7,8)35-27-28-36-56-40-49(5,44-59-48(55)32-25-30-39-65(61-13-2,62-14-3)63-15-4)42-58-43-50(6,41-57-37-33-46(51)52)45-60-47(54)31-24-29-38-64(9,10)11;3*1-2;/h46H,12-45H2,1-11H3;3*1H2;1H/q+1;;;;/p-1. The summed E-state index contributed by atoms with van der Waals surface area (Å²) in [6, 6.07) is 1.78. The van der Waals surface area contributed by atoms with Gasteiger partial charge in [-0.25, -0.2) is 8.78 Å². The first-order valence-electron chi connectivity index (χ1n) is 26.7. The number of esters is 2. The highest BCUT2D eigenvalue weighted by atomic mass is 79.9. The smallest absolute Gasteiger partial charge is 0.500 e. The van der Waals surface area contributed by atoms with Gasteiger partial charge in [0.1, 0.15) is 33.6 Å². The molecule has 0 aliphatic carbocycles. The summed E-state index contributed by atoms with van der Waals surface area (Å²) in [4.78, 5) is 49.8. The third-order valence-corrected chi connectivity index (χ3v) is 16.6. The monoisotopic (exact) mass is 1140 g/mol. The molecule has 0 fully saturated rings. The molecule has 19 heteroatoms. The number of hydrogen-bond acceptors (Lipinski definition) is 13. The van der Waals surface area contributed by atoms with Crippen LogP contribution in [0.5, 0.6) is 0 Å². The van der Waals surface area contributed by atoms with Crippen molar-refractivity contribution >= 4 is 49.2 Å². The molecule has 0 radical (unpaired) electrons. The molecule has 14 nitrogen and oxygen atoms in total. The zero-order valence-corrected chi connectivity index (χ0v) is 51.2. The Kier molecular flexibility index (Phi) is 56.8. The van der Waals surface area contributed by atoms with Crippen LogP contribution in [0.2, 0.25) is 31.7 Å². The van der Waals surface area contributed by atoms with E-state index in [2.05, 4.69) is 40.7 Å². The summed E-state index contributed by atoms with van der Waals surface area (Å²) < 4.78 is 74.6. The Morgan fingerprint density at radius 2 is 0.889 bits per heavy atom. The van der Waals surface area contributed by atoms with Gasteiger partial charge in [0.15, 0.2) is 0 Å². The Labute approximate surface area is 450 Å². The Morgan fingerprint density at radius 1 is 0.514 bits per heavy atom. The maximum Gasteiger partial charge on any atom is 0.500 e. The van der Waals surface area contributed by atoms with E-state index < -0.39 is 34.1 Å². The molecule has 2 unspecified atom stereocenters. The molecule has 0 saturated heterocycles. The maximum absolute atomic E-state index is 13.1. The van der Waals surface area contributed by atoms with Gasteiger partial charge < -0.3 is 72.8 Å². The zero-order valence-electron chi connectivity index (χ0n) is 47.6. The first kappa shape index (κ1) is 79.3. The summed E-state index contributed by atoms with van der Waals surface area (Å²) in [5.41, 5.74) is -1.46. The fourth-order valence-electron chi connectivity index (χ4n) is 7.68. The molecule has 0 N–H and O–H groups in total. The quantitative estimate of drug-likeness (QED) is 0.0247. The van der Waals surface area contributed by atoms with E-state index in [-0.39, 0.29) is 81.4 Å². The van der Waals surface area contributed by atoms with Crippen LogP contribution in [-0.2, 0) is 60.9 Å². The number of rotatable bonds is 47. The number of nitrogens with zero attached hydrogens (tertiary/aromatic N) is 1. The van der Waals surface area contributed by atoms with Crippen molar-refractivity contribution < 1.29 is 91.2 Å². The van der Waals surface area contributed by atoms with Crippen LogP contribution >= 0.6 is 0 Å². The number of halogens is 3. The number of ether oxygens (including phenoxy) is 5. The molecule has 72 heavy (non-hydrogen) atoms. The van der Waals surface area contributed by atoms with E-state index in [1.54, 1.807) is 0 Å². The molecule has 0 saturated carbocycles. The van der Waals surface area contributed by atoms with Crippen LogP contribution in [0.25, 0.3) is 0 Å². The lowest BCUT2D eigenvalue weighted by Gasteiger charge is -2.33. The number of hydrogen-bond donors (Lipinski definition) is 0. The van der Waals surface area contributed by atoms with E-state index in [4.69, 9.17) is 51.3 Å². The molecular weight excluding hydrogens is 1030 g/mol. The summed E-state index contributed by atoms with van der Waals surface area (Å²) in [6.45, 7) is 30.0. The van der Waals surface area contributed by atoms with Crippen molar-refractivity contribution in [2.75, 3.05) is 99.9 Å². The molecule has 0 aromatic heterocycles. The molecule has 0 aromatic rings. The fourth-order valence-corrected chi connectivity index (χ4v) is 11.7. The van der Waals surface area contributed by atoms with Gasteiger partial charge in [-0.05, 0) is 65.7 Å². The van der Waals surface area contributed by atoms with Gasteiger partial charge in [0.25, 0.3) is 0 Å². The summed E-state index contributed by atoms with van der Waals surface area (Å²) in [5.74, 6) is -0.587. The highest BCUT2D eigenvalue weighted by Crippen LogP contribution is 2.26. The molecule has 0 aliphatic rings. The van der Waals surface area contributed by atoms with E-state index in [0.29, 0.717) is 58.3 Å². The predicted octanol–water partition coefficient (Wildman–Crippen LogP) is 8.74. The lowest BCUT2D eigenvalue weighted by Crippen LogP contribution is -3.00. The summed E-state index contributed by atoms with van der Waals surface area (Å²) in [7, 11) is 0.653. The topological polar surface area (TPSA) is 159 Å². The molecule has 2 atom stereocenters. The van der Waals surface area contributed by atoms with Crippen LogP contribution in [0, 0.1) is 10.8 Å². The highest BCUT2D eigenvalue weighted by Gasteiger charge is 2.40. The first-order chi connectivity index (χ1) is 33.8. The molecule has 0 bridgehead atoms.